The molecule has 0 radical (unpaired) electrons. The van der Waals surface area contributed by atoms with Crippen molar-refractivity contribution in [1.82, 2.24) is 9.78 Å². The Hall–Kier alpha value is -3.61. The highest BCUT2D eigenvalue weighted by molar-refractivity contribution is 7.38. The molecule has 0 aliphatic heterocycles. The zero-order valence-electron chi connectivity index (χ0n) is 19.4. The van der Waals surface area contributed by atoms with Crippen molar-refractivity contribution in [3.8, 4) is 11.8 Å². The van der Waals surface area contributed by atoms with Gasteiger partial charge in [0, 0.05) is 17.3 Å². The number of aliphatic carboxylic acids is 1. The van der Waals surface area contributed by atoms with Crippen molar-refractivity contribution >= 4 is 50.0 Å². The number of amides is 1. The Morgan fingerprint density at radius 1 is 1.23 bits per heavy atom. The van der Waals surface area contributed by atoms with E-state index in [-0.39, 0.29) is 0 Å². The molecule has 1 fully saturated rings. The van der Waals surface area contributed by atoms with Gasteiger partial charge in [-0.05, 0) is 49.9 Å². The van der Waals surface area contributed by atoms with Gasteiger partial charge in [-0.3, -0.25) is 14.8 Å². The van der Waals surface area contributed by atoms with Crippen molar-refractivity contribution in [2.45, 2.75) is 38.2 Å². The minimum absolute atomic E-state index is 0.404. The zero-order chi connectivity index (χ0) is 24.7. The van der Waals surface area contributed by atoms with E-state index in [2.05, 4.69) is 22.3 Å². The van der Waals surface area contributed by atoms with Gasteiger partial charge in [-0.25, -0.2) is 4.79 Å². The number of nitrogens with zero attached hydrogens (tertiary/aromatic N) is 2. The first-order valence-corrected chi connectivity index (χ1v) is 12.7. The Balaban J connectivity index is 1.30. The van der Waals surface area contributed by atoms with Crippen LogP contribution in [0, 0.1) is 18.8 Å². The average Bonchev–Trinajstić information content (AvgIpc) is 3.25. The van der Waals surface area contributed by atoms with Crippen molar-refractivity contribution in [3.63, 3.8) is 0 Å². The third kappa shape index (κ3) is 4.43. The first kappa shape index (κ1) is 23.1. The molecule has 9 heteroatoms. The van der Waals surface area contributed by atoms with Crippen LogP contribution in [0.3, 0.4) is 0 Å². The molecule has 35 heavy (non-hydrogen) atoms. The number of nitrogens with one attached hydrogen (secondary N) is 1. The first-order valence-electron chi connectivity index (χ1n) is 11.1. The van der Waals surface area contributed by atoms with Crippen LogP contribution in [0.1, 0.15) is 52.3 Å². The van der Waals surface area contributed by atoms with Crippen LogP contribution in [0.2, 0.25) is 0 Å². The van der Waals surface area contributed by atoms with Gasteiger partial charge in [0.05, 0.1) is 20.7 Å². The van der Waals surface area contributed by atoms with Crippen molar-refractivity contribution in [2.24, 2.45) is 7.05 Å². The second kappa shape index (κ2) is 8.87. The molecule has 3 heterocycles. The number of fused-ring (bicyclic) bond motifs is 1. The summed E-state index contributed by atoms with van der Waals surface area (Å²) in [5, 5.41) is 17.5. The van der Waals surface area contributed by atoms with Crippen LogP contribution in [-0.4, -0.2) is 26.9 Å². The Bertz CT molecular complexity index is 1480. The maximum atomic E-state index is 12.6. The van der Waals surface area contributed by atoms with Crippen LogP contribution in [0.25, 0.3) is 9.40 Å². The third-order valence-corrected chi connectivity index (χ3v) is 8.75. The van der Waals surface area contributed by atoms with Gasteiger partial charge in [0.2, 0.25) is 0 Å². The lowest BCUT2D eigenvalue weighted by Crippen LogP contribution is -2.18. The summed E-state index contributed by atoms with van der Waals surface area (Å²) in [5.74, 6) is 5.96. The first-order chi connectivity index (χ1) is 16.8. The van der Waals surface area contributed by atoms with Gasteiger partial charge in [0.15, 0.2) is 0 Å². The number of carboxylic acid groups (broad SMARTS) is 1. The number of ether oxygens (including phenoxy) is 1. The average molecular weight is 506 g/mol. The summed E-state index contributed by atoms with van der Waals surface area (Å²) >= 11 is 3.08. The van der Waals surface area contributed by atoms with E-state index in [4.69, 9.17) is 4.74 Å². The Labute approximate surface area is 210 Å². The minimum Gasteiger partial charge on any atom is -0.481 e. The highest BCUT2D eigenvalue weighted by atomic mass is 32.2. The molecule has 0 spiro atoms. The number of carbonyl (C=O) groups excluding carboxylic acids is 1. The van der Waals surface area contributed by atoms with Crippen LogP contribution in [0.15, 0.2) is 42.6 Å². The molecule has 1 atom stereocenters. The number of anilines is 1. The summed E-state index contributed by atoms with van der Waals surface area (Å²) in [6.07, 6.45) is 2.02. The van der Waals surface area contributed by atoms with Crippen molar-refractivity contribution in [3.05, 3.63) is 69.0 Å². The molecular formula is C26H23N3O4S2. The van der Waals surface area contributed by atoms with Crippen molar-refractivity contribution in [2.75, 3.05) is 5.32 Å². The number of carbonyl (C=O) groups is 2. The van der Waals surface area contributed by atoms with Gasteiger partial charge in [-0.1, -0.05) is 36.1 Å². The van der Waals surface area contributed by atoms with E-state index in [0.717, 1.165) is 30.3 Å². The van der Waals surface area contributed by atoms with Gasteiger partial charge in [-0.2, -0.15) is 5.10 Å². The fourth-order valence-corrected chi connectivity index (χ4v) is 6.56. The van der Waals surface area contributed by atoms with Crippen LogP contribution in [0.5, 0.6) is 0 Å². The predicted octanol–water partition coefficient (Wildman–Crippen LogP) is 5.83. The monoisotopic (exact) mass is 505 g/mol. The number of benzene rings is 1. The number of carboxylic acids is 1. The fraction of sp³-hybridized carbons (Fsp3) is 0.269. The van der Waals surface area contributed by atoms with E-state index in [1.807, 2.05) is 50.2 Å². The van der Waals surface area contributed by atoms with E-state index < -0.39 is 23.6 Å². The van der Waals surface area contributed by atoms with Gasteiger partial charge in [0.25, 0.3) is 0 Å². The highest BCUT2D eigenvalue weighted by Crippen LogP contribution is 2.52. The quantitative estimate of drug-likeness (QED) is 0.333. The van der Waals surface area contributed by atoms with Gasteiger partial charge in [-0.15, -0.1) is 22.7 Å². The Kier molecular flexibility index (Phi) is 5.87. The van der Waals surface area contributed by atoms with E-state index >= 15 is 0 Å². The summed E-state index contributed by atoms with van der Waals surface area (Å²) in [4.78, 5) is 26.0. The number of aromatic nitrogens is 2. The molecule has 5 rings (SSSR count). The minimum atomic E-state index is -0.741. The molecule has 1 aromatic carbocycles. The predicted molar refractivity (Wildman–Crippen MR) is 137 cm³/mol. The number of thiophene rings is 2. The van der Waals surface area contributed by atoms with Crippen molar-refractivity contribution < 1.29 is 19.4 Å². The van der Waals surface area contributed by atoms with E-state index in [1.165, 1.54) is 22.7 Å². The van der Waals surface area contributed by atoms with Crippen LogP contribution in [-0.2, 0) is 22.0 Å². The molecule has 1 amide bonds. The number of hydrogen-bond acceptors (Lipinski definition) is 6. The lowest BCUT2D eigenvalue weighted by atomic mass is 10.1. The van der Waals surface area contributed by atoms with Crippen LogP contribution in [0.4, 0.5) is 10.6 Å². The van der Waals surface area contributed by atoms with E-state index in [9.17, 15) is 14.7 Å². The summed E-state index contributed by atoms with van der Waals surface area (Å²) in [6, 6.07) is 11.7. The van der Waals surface area contributed by atoms with Gasteiger partial charge < -0.3 is 9.84 Å². The van der Waals surface area contributed by atoms with Gasteiger partial charge in [0.1, 0.15) is 17.3 Å². The lowest BCUT2D eigenvalue weighted by molar-refractivity contribution is -0.139. The molecule has 4 aromatic rings. The zero-order valence-corrected chi connectivity index (χ0v) is 21.0. The van der Waals surface area contributed by atoms with Crippen LogP contribution < -0.4 is 5.32 Å². The maximum Gasteiger partial charge on any atom is 0.413 e. The molecule has 0 bridgehead atoms. The number of aryl methyl sites for hydroxylation is 2. The molecule has 3 aromatic heterocycles. The van der Waals surface area contributed by atoms with E-state index in [1.54, 1.807) is 17.9 Å². The molecule has 0 saturated heterocycles. The molecule has 1 saturated carbocycles. The molecule has 178 valence electrons. The largest absolute Gasteiger partial charge is 0.481 e. The molecule has 1 unspecified atom stereocenters. The second-order valence-corrected chi connectivity index (χ2v) is 11.0. The Morgan fingerprint density at radius 2 is 2.00 bits per heavy atom. The second-order valence-electron chi connectivity index (χ2n) is 8.66. The highest BCUT2D eigenvalue weighted by Gasteiger charge is 2.53. The fourth-order valence-electron chi connectivity index (χ4n) is 4.03. The molecular weight excluding hydrogens is 482 g/mol. The smallest absolute Gasteiger partial charge is 0.413 e. The molecule has 1 aliphatic rings. The normalized spacial score (nSPS) is 14.7. The SMILES string of the molecule is Cc1ccccc1C(C)OC(=O)Nc1c(C#Cc2cc3cc(C4(C(=O)O)CC4)sc3s2)cnn1C. The summed E-state index contributed by atoms with van der Waals surface area (Å²) in [6.45, 7) is 3.81. The Morgan fingerprint density at radius 3 is 2.69 bits per heavy atom. The summed E-state index contributed by atoms with van der Waals surface area (Å²) < 4.78 is 8.19. The number of hydrogen-bond donors (Lipinski definition) is 2. The maximum absolute atomic E-state index is 12.6. The standard InChI is InChI=1S/C26H23N3O4S2/c1-15-6-4-5-7-20(15)16(2)33-25(32)28-22-17(14-27-29(22)3)8-9-19-12-18-13-21(35-23(18)34-19)26(10-11-26)24(30)31/h4-7,12-14,16H,10-11H2,1-3H3,(H,28,32)(H,30,31). The molecule has 2 N–H and O–H groups in total. The summed E-state index contributed by atoms with van der Waals surface area (Å²) in [5.41, 5.74) is 1.90. The van der Waals surface area contributed by atoms with Gasteiger partial charge >= 0.3 is 12.1 Å². The summed E-state index contributed by atoms with van der Waals surface area (Å²) in [7, 11) is 1.73. The van der Waals surface area contributed by atoms with E-state index in [0.29, 0.717) is 24.2 Å². The molecule has 7 nitrogen and oxygen atoms in total. The topological polar surface area (TPSA) is 93.4 Å². The lowest BCUT2D eigenvalue weighted by Gasteiger charge is -2.16. The van der Waals surface area contributed by atoms with Crippen molar-refractivity contribution in [1.29, 1.82) is 0 Å². The van der Waals surface area contributed by atoms with Crippen LogP contribution >= 0.6 is 22.7 Å². The third-order valence-electron chi connectivity index (χ3n) is 6.24. The molecule has 1 aliphatic carbocycles. The number of rotatable bonds is 5.